The van der Waals surface area contributed by atoms with Crippen molar-refractivity contribution in [2.45, 2.75) is 77.9 Å². The van der Waals surface area contributed by atoms with Crippen molar-refractivity contribution in [2.75, 3.05) is 26.3 Å². The maximum absolute atomic E-state index is 11.8. The zero-order valence-corrected chi connectivity index (χ0v) is 15.5. The van der Waals surface area contributed by atoms with Gasteiger partial charge in [-0.05, 0) is 58.9 Å². The normalized spacial score (nSPS) is 21.9. The Balaban J connectivity index is 2.24. The highest BCUT2D eigenvalue weighted by Crippen LogP contribution is 2.24. The van der Waals surface area contributed by atoms with Crippen LogP contribution in [0.2, 0.25) is 0 Å². The molecule has 0 aliphatic heterocycles. The van der Waals surface area contributed by atoms with Gasteiger partial charge in [0.1, 0.15) is 5.60 Å². The fourth-order valence-electron chi connectivity index (χ4n) is 2.96. The van der Waals surface area contributed by atoms with Crippen molar-refractivity contribution in [3.8, 4) is 0 Å². The van der Waals surface area contributed by atoms with Crippen LogP contribution >= 0.6 is 0 Å². The Morgan fingerprint density at radius 2 is 1.91 bits per heavy atom. The Morgan fingerprint density at radius 1 is 1.17 bits per heavy atom. The van der Waals surface area contributed by atoms with Crippen molar-refractivity contribution < 1.29 is 14.3 Å². The molecular formula is C18H36N2O3. The topological polar surface area (TPSA) is 59.6 Å². The summed E-state index contributed by atoms with van der Waals surface area (Å²) < 4.78 is 10.8. The largest absolute Gasteiger partial charge is 0.444 e. The quantitative estimate of drug-likeness (QED) is 0.636. The fraction of sp³-hybridized carbons (Fsp3) is 0.944. The molecule has 0 aromatic heterocycles. The van der Waals surface area contributed by atoms with Crippen LogP contribution in [-0.2, 0) is 9.47 Å². The lowest BCUT2D eigenvalue weighted by molar-refractivity contribution is 0.0510. The third kappa shape index (κ3) is 9.82. The second-order valence-electron chi connectivity index (χ2n) is 7.45. The average Bonchev–Trinajstić information content (AvgIpc) is 2.48. The summed E-state index contributed by atoms with van der Waals surface area (Å²) in [6.07, 6.45) is 6.69. The molecule has 1 amide bonds. The molecule has 2 unspecified atom stereocenters. The van der Waals surface area contributed by atoms with E-state index in [1.807, 2.05) is 20.8 Å². The molecular weight excluding hydrogens is 292 g/mol. The lowest BCUT2D eigenvalue weighted by Gasteiger charge is -2.32. The number of carbonyl (C=O) groups excluding carboxylic acids is 1. The highest BCUT2D eigenvalue weighted by molar-refractivity contribution is 5.67. The predicted octanol–water partition coefficient (Wildman–Crippen LogP) is 3.48. The summed E-state index contributed by atoms with van der Waals surface area (Å²) in [5.74, 6) is 0.493. The van der Waals surface area contributed by atoms with Crippen LogP contribution in [0.4, 0.5) is 4.79 Å². The first-order chi connectivity index (χ1) is 10.9. The smallest absolute Gasteiger partial charge is 0.407 e. The Bertz CT molecular complexity index is 329. The molecule has 0 bridgehead atoms. The van der Waals surface area contributed by atoms with Crippen LogP contribution in [0.15, 0.2) is 0 Å². The number of hydrogen-bond acceptors (Lipinski definition) is 4. The van der Waals surface area contributed by atoms with Gasteiger partial charge in [0.2, 0.25) is 0 Å². The molecule has 0 aromatic carbocycles. The predicted molar refractivity (Wildman–Crippen MR) is 93.7 cm³/mol. The van der Waals surface area contributed by atoms with Gasteiger partial charge >= 0.3 is 6.09 Å². The second kappa shape index (κ2) is 10.9. The molecule has 5 heteroatoms. The van der Waals surface area contributed by atoms with E-state index in [4.69, 9.17) is 9.47 Å². The number of amides is 1. The SMILES string of the molecule is CCCOCCCNC1CCCCC1CNC(=O)OC(C)(C)C. The summed E-state index contributed by atoms with van der Waals surface area (Å²) in [6, 6.07) is 0.491. The molecule has 23 heavy (non-hydrogen) atoms. The van der Waals surface area contributed by atoms with Gasteiger partial charge in [0, 0.05) is 25.8 Å². The van der Waals surface area contributed by atoms with Gasteiger partial charge in [0.25, 0.3) is 0 Å². The van der Waals surface area contributed by atoms with Crippen LogP contribution in [0.3, 0.4) is 0 Å². The molecule has 5 nitrogen and oxygen atoms in total. The monoisotopic (exact) mass is 328 g/mol. The molecule has 0 heterocycles. The Labute approximate surface area is 141 Å². The Hall–Kier alpha value is -0.810. The third-order valence-corrected chi connectivity index (χ3v) is 4.04. The van der Waals surface area contributed by atoms with Gasteiger partial charge in [0.15, 0.2) is 0 Å². The first-order valence-electron chi connectivity index (χ1n) is 9.20. The van der Waals surface area contributed by atoms with Crippen LogP contribution in [0, 0.1) is 5.92 Å². The maximum Gasteiger partial charge on any atom is 0.407 e. The fourth-order valence-corrected chi connectivity index (χ4v) is 2.96. The average molecular weight is 328 g/mol. The van der Waals surface area contributed by atoms with Crippen molar-refractivity contribution >= 4 is 6.09 Å². The van der Waals surface area contributed by atoms with Gasteiger partial charge in [0.05, 0.1) is 0 Å². The first-order valence-corrected chi connectivity index (χ1v) is 9.20. The minimum absolute atomic E-state index is 0.310. The van der Waals surface area contributed by atoms with Crippen LogP contribution in [-0.4, -0.2) is 44.0 Å². The molecule has 2 atom stereocenters. The molecule has 0 saturated heterocycles. The Kier molecular flexibility index (Phi) is 9.56. The molecule has 1 rings (SSSR count). The summed E-state index contributed by atoms with van der Waals surface area (Å²) in [6.45, 7) is 11.1. The molecule has 1 saturated carbocycles. The Morgan fingerprint density at radius 3 is 2.61 bits per heavy atom. The maximum atomic E-state index is 11.8. The van der Waals surface area contributed by atoms with Gasteiger partial charge in [-0.25, -0.2) is 4.79 Å². The molecule has 2 N–H and O–H groups in total. The van der Waals surface area contributed by atoms with Crippen LogP contribution in [0.1, 0.15) is 66.2 Å². The van der Waals surface area contributed by atoms with E-state index in [9.17, 15) is 4.79 Å². The molecule has 0 aromatic rings. The summed E-state index contributed by atoms with van der Waals surface area (Å²) in [4.78, 5) is 11.8. The van der Waals surface area contributed by atoms with Crippen molar-refractivity contribution in [1.29, 1.82) is 0 Å². The molecule has 0 radical (unpaired) electrons. The number of ether oxygens (including phenoxy) is 2. The minimum Gasteiger partial charge on any atom is -0.444 e. The van der Waals surface area contributed by atoms with Gasteiger partial charge < -0.3 is 20.1 Å². The lowest BCUT2D eigenvalue weighted by Crippen LogP contribution is -2.45. The highest BCUT2D eigenvalue weighted by atomic mass is 16.6. The van der Waals surface area contributed by atoms with E-state index in [1.165, 1.54) is 25.7 Å². The molecule has 1 aliphatic carbocycles. The van der Waals surface area contributed by atoms with Gasteiger partial charge in [-0.15, -0.1) is 0 Å². The molecule has 1 fully saturated rings. The summed E-state index contributed by atoms with van der Waals surface area (Å²) in [5.41, 5.74) is -0.438. The van der Waals surface area contributed by atoms with Gasteiger partial charge in [-0.3, -0.25) is 0 Å². The second-order valence-corrected chi connectivity index (χ2v) is 7.45. The molecule has 1 aliphatic rings. The van der Waals surface area contributed by atoms with Crippen molar-refractivity contribution in [3.63, 3.8) is 0 Å². The lowest BCUT2D eigenvalue weighted by atomic mass is 9.84. The zero-order chi connectivity index (χ0) is 17.1. The van der Waals surface area contributed by atoms with Crippen molar-refractivity contribution in [3.05, 3.63) is 0 Å². The first kappa shape index (κ1) is 20.2. The van der Waals surface area contributed by atoms with Crippen LogP contribution < -0.4 is 10.6 Å². The van der Waals surface area contributed by atoms with Gasteiger partial charge in [-0.1, -0.05) is 19.8 Å². The number of carbonyl (C=O) groups is 1. The van der Waals surface area contributed by atoms with E-state index < -0.39 is 5.60 Å². The van der Waals surface area contributed by atoms with Crippen LogP contribution in [0.5, 0.6) is 0 Å². The van der Waals surface area contributed by atoms with E-state index >= 15 is 0 Å². The van der Waals surface area contributed by atoms with E-state index in [0.29, 0.717) is 18.5 Å². The highest BCUT2D eigenvalue weighted by Gasteiger charge is 2.25. The number of nitrogens with one attached hydrogen (secondary N) is 2. The van der Waals surface area contributed by atoms with Crippen molar-refractivity contribution in [1.82, 2.24) is 10.6 Å². The zero-order valence-electron chi connectivity index (χ0n) is 15.5. The van der Waals surface area contributed by atoms with E-state index in [1.54, 1.807) is 0 Å². The molecule has 136 valence electrons. The summed E-state index contributed by atoms with van der Waals surface area (Å²) >= 11 is 0. The van der Waals surface area contributed by atoms with E-state index in [-0.39, 0.29) is 6.09 Å². The molecule has 0 spiro atoms. The number of alkyl carbamates (subject to hydrolysis) is 1. The minimum atomic E-state index is -0.438. The van der Waals surface area contributed by atoms with E-state index in [2.05, 4.69) is 17.6 Å². The van der Waals surface area contributed by atoms with Crippen molar-refractivity contribution in [2.24, 2.45) is 5.92 Å². The number of rotatable bonds is 9. The van der Waals surface area contributed by atoms with E-state index in [0.717, 1.165) is 32.6 Å². The summed E-state index contributed by atoms with van der Waals surface area (Å²) in [5, 5.41) is 6.58. The van der Waals surface area contributed by atoms with Crippen LogP contribution in [0.25, 0.3) is 0 Å². The van der Waals surface area contributed by atoms with Gasteiger partial charge in [-0.2, -0.15) is 0 Å². The number of hydrogen-bond donors (Lipinski definition) is 2. The third-order valence-electron chi connectivity index (χ3n) is 4.04. The summed E-state index contributed by atoms with van der Waals surface area (Å²) in [7, 11) is 0. The standard InChI is InChI=1S/C18H36N2O3/c1-5-12-22-13-8-11-19-16-10-7-6-9-15(16)14-20-17(21)23-18(2,3)4/h15-16,19H,5-14H2,1-4H3,(H,20,21).